The Morgan fingerprint density at radius 3 is 2.30 bits per heavy atom. The zero-order valence-electron chi connectivity index (χ0n) is 23.7. The Kier molecular flexibility index (Phi) is 8.89. The van der Waals surface area contributed by atoms with Gasteiger partial charge in [-0.25, -0.2) is 4.79 Å². The zero-order valence-corrected chi connectivity index (χ0v) is 24.5. The van der Waals surface area contributed by atoms with Gasteiger partial charge in [0.1, 0.15) is 11.5 Å². The molecule has 3 atom stereocenters. The predicted octanol–water partition coefficient (Wildman–Crippen LogP) is 7.60. The van der Waals surface area contributed by atoms with E-state index in [1.165, 1.54) is 12.5 Å². The number of hydrogen-bond donors (Lipinski definition) is 2. The van der Waals surface area contributed by atoms with Crippen LogP contribution in [0.15, 0.2) is 66.2 Å². The predicted molar refractivity (Wildman–Crippen MR) is 158 cm³/mol. The van der Waals surface area contributed by atoms with Gasteiger partial charge in [0.25, 0.3) is 5.91 Å². The molecule has 3 aromatic carbocycles. The molecule has 6 nitrogen and oxygen atoms in total. The largest absolute Gasteiger partial charge is 0.491 e. The van der Waals surface area contributed by atoms with Crippen molar-refractivity contribution in [2.75, 3.05) is 0 Å². The van der Waals surface area contributed by atoms with Gasteiger partial charge in [-0.05, 0) is 112 Å². The Hall–Kier alpha value is -3.77. The van der Waals surface area contributed by atoms with Crippen molar-refractivity contribution in [2.24, 2.45) is 0 Å². The van der Waals surface area contributed by atoms with E-state index in [1.807, 2.05) is 75.4 Å². The minimum atomic E-state index is -1.05. The summed E-state index contributed by atoms with van der Waals surface area (Å²) >= 11 is 6.27. The summed E-state index contributed by atoms with van der Waals surface area (Å²) in [4.78, 5) is 24.4. The molecule has 0 radical (unpaired) electrons. The maximum Gasteiger partial charge on any atom is 0.344 e. The summed E-state index contributed by atoms with van der Waals surface area (Å²) in [5.41, 5.74) is 7.24. The summed E-state index contributed by atoms with van der Waals surface area (Å²) in [5.74, 6) is 0.111. The van der Waals surface area contributed by atoms with Gasteiger partial charge in [-0.1, -0.05) is 41.4 Å². The fourth-order valence-corrected chi connectivity index (χ4v) is 5.17. The van der Waals surface area contributed by atoms with E-state index in [9.17, 15) is 14.7 Å². The third-order valence-electron chi connectivity index (χ3n) is 7.40. The van der Waals surface area contributed by atoms with E-state index in [-0.39, 0.29) is 24.0 Å². The number of aliphatic carboxylic acids is 1. The van der Waals surface area contributed by atoms with Crippen LogP contribution in [0.3, 0.4) is 0 Å². The Morgan fingerprint density at radius 1 is 0.950 bits per heavy atom. The molecule has 1 amide bonds. The minimum Gasteiger partial charge on any atom is -0.491 e. The molecule has 0 aromatic heterocycles. The van der Waals surface area contributed by atoms with Crippen LogP contribution in [0.25, 0.3) is 5.57 Å². The summed E-state index contributed by atoms with van der Waals surface area (Å²) in [5, 5.41) is 12.7. The van der Waals surface area contributed by atoms with E-state index < -0.39 is 12.1 Å². The van der Waals surface area contributed by atoms with Gasteiger partial charge in [0.05, 0.1) is 17.2 Å². The SMILES string of the molecule is CC1=C(C)C(Cc2ccc(Cl)c(O[C@@H](C)C(=O)O)c2)c2ccc(C(=O)N[C@@H](C)c3ccc(OC(C)C)cc3)cc21. The van der Waals surface area contributed by atoms with Gasteiger partial charge in [0, 0.05) is 11.5 Å². The summed E-state index contributed by atoms with van der Waals surface area (Å²) in [7, 11) is 0. The fraction of sp³-hybridized carbons (Fsp3) is 0.333. The average molecular weight is 562 g/mol. The number of amides is 1. The Balaban J connectivity index is 1.49. The molecule has 0 bridgehead atoms. The van der Waals surface area contributed by atoms with Crippen molar-refractivity contribution in [3.05, 3.63) is 99.1 Å². The molecule has 0 aliphatic heterocycles. The smallest absolute Gasteiger partial charge is 0.344 e. The highest BCUT2D eigenvalue weighted by atomic mass is 35.5. The van der Waals surface area contributed by atoms with Crippen LogP contribution < -0.4 is 14.8 Å². The van der Waals surface area contributed by atoms with Crippen molar-refractivity contribution in [3.63, 3.8) is 0 Å². The lowest BCUT2D eigenvalue weighted by Gasteiger charge is -2.18. The molecule has 4 rings (SSSR count). The van der Waals surface area contributed by atoms with E-state index in [0.717, 1.165) is 33.6 Å². The molecule has 0 saturated heterocycles. The van der Waals surface area contributed by atoms with Crippen LogP contribution in [0, 0.1) is 0 Å². The lowest BCUT2D eigenvalue weighted by molar-refractivity contribution is -0.144. The highest BCUT2D eigenvalue weighted by molar-refractivity contribution is 6.32. The van der Waals surface area contributed by atoms with Crippen LogP contribution in [0.2, 0.25) is 5.02 Å². The number of carbonyl (C=O) groups excluding carboxylic acids is 1. The molecule has 0 spiro atoms. The van der Waals surface area contributed by atoms with Gasteiger partial charge in [0.2, 0.25) is 0 Å². The van der Waals surface area contributed by atoms with E-state index in [0.29, 0.717) is 22.8 Å². The van der Waals surface area contributed by atoms with Crippen molar-refractivity contribution in [1.29, 1.82) is 0 Å². The summed E-state index contributed by atoms with van der Waals surface area (Å²) in [6.07, 6.45) is -0.201. The number of rotatable bonds is 10. The van der Waals surface area contributed by atoms with Gasteiger partial charge in [-0.15, -0.1) is 0 Å². The van der Waals surface area contributed by atoms with Gasteiger partial charge < -0.3 is 19.9 Å². The first kappa shape index (κ1) is 29.2. The molecule has 0 heterocycles. The molecule has 2 N–H and O–H groups in total. The molecule has 1 aliphatic carbocycles. The molecule has 0 fully saturated rings. The second-order valence-corrected chi connectivity index (χ2v) is 11.1. The van der Waals surface area contributed by atoms with Gasteiger partial charge >= 0.3 is 5.97 Å². The summed E-state index contributed by atoms with van der Waals surface area (Å²) < 4.78 is 11.3. The second kappa shape index (κ2) is 12.2. The molecule has 7 heteroatoms. The van der Waals surface area contributed by atoms with E-state index in [4.69, 9.17) is 21.1 Å². The van der Waals surface area contributed by atoms with E-state index in [2.05, 4.69) is 19.2 Å². The molecule has 3 aromatic rings. The first-order chi connectivity index (χ1) is 18.9. The van der Waals surface area contributed by atoms with Crippen LogP contribution in [0.1, 0.15) is 86.1 Å². The zero-order chi connectivity index (χ0) is 29.1. The number of nitrogens with one attached hydrogen (secondary N) is 1. The number of fused-ring (bicyclic) bond motifs is 1. The highest BCUT2D eigenvalue weighted by Crippen LogP contribution is 2.44. The lowest BCUT2D eigenvalue weighted by atomic mass is 9.89. The topological polar surface area (TPSA) is 84.9 Å². The van der Waals surface area contributed by atoms with Crippen LogP contribution in [-0.2, 0) is 11.2 Å². The monoisotopic (exact) mass is 561 g/mol. The van der Waals surface area contributed by atoms with E-state index >= 15 is 0 Å². The number of ether oxygens (including phenoxy) is 2. The van der Waals surface area contributed by atoms with Crippen molar-refractivity contribution >= 4 is 29.1 Å². The number of halogens is 1. The molecule has 1 aliphatic rings. The quantitative estimate of drug-likeness (QED) is 0.266. The molecular formula is C33H36ClNO5. The second-order valence-electron chi connectivity index (χ2n) is 10.7. The van der Waals surface area contributed by atoms with Gasteiger partial charge in [0.15, 0.2) is 6.10 Å². The third kappa shape index (κ3) is 6.50. The Labute approximate surface area is 241 Å². The standard InChI is InChI=1S/C33H36ClNO5/c1-18(2)39-26-11-8-24(9-12-26)21(5)35-32(36)25-10-13-27-28(19(3)20(4)29(27)17-25)15-23-7-14-30(34)31(16-23)40-22(6)33(37)38/h7-14,16-18,21-22,28H,15H2,1-6H3,(H,35,36)(H,37,38)/t21-,22-,28?/m0/s1. The number of allylic oxidation sites excluding steroid dienone is 2. The van der Waals surface area contributed by atoms with Crippen LogP contribution in [-0.4, -0.2) is 29.2 Å². The summed E-state index contributed by atoms with van der Waals surface area (Å²) in [6, 6.07) is 19.0. The van der Waals surface area contributed by atoms with Crippen molar-refractivity contribution in [2.45, 2.75) is 72.1 Å². The van der Waals surface area contributed by atoms with Crippen molar-refractivity contribution < 1.29 is 24.2 Å². The number of carbonyl (C=O) groups is 2. The Bertz CT molecular complexity index is 1440. The maximum absolute atomic E-state index is 13.2. The average Bonchev–Trinajstić information content (AvgIpc) is 3.14. The molecule has 1 unspecified atom stereocenters. The summed E-state index contributed by atoms with van der Waals surface area (Å²) in [6.45, 7) is 11.6. The van der Waals surface area contributed by atoms with Crippen molar-refractivity contribution in [1.82, 2.24) is 5.32 Å². The highest BCUT2D eigenvalue weighted by Gasteiger charge is 2.28. The number of carboxylic acids is 1. The Morgan fingerprint density at radius 2 is 1.65 bits per heavy atom. The normalized spacial score (nSPS) is 15.9. The first-order valence-electron chi connectivity index (χ1n) is 13.5. The van der Waals surface area contributed by atoms with Crippen LogP contribution >= 0.6 is 11.6 Å². The number of benzene rings is 3. The van der Waals surface area contributed by atoms with Gasteiger partial charge in [-0.2, -0.15) is 0 Å². The molecule has 210 valence electrons. The lowest BCUT2D eigenvalue weighted by Crippen LogP contribution is -2.26. The van der Waals surface area contributed by atoms with E-state index in [1.54, 1.807) is 6.07 Å². The maximum atomic E-state index is 13.2. The minimum absolute atomic E-state index is 0.105. The third-order valence-corrected chi connectivity index (χ3v) is 7.71. The molecular weight excluding hydrogens is 526 g/mol. The van der Waals surface area contributed by atoms with Gasteiger partial charge in [-0.3, -0.25) is 4.79 Å². The number of carboxylic acid groups (broad SMARTS) is 1. The molecule has 0 saturated carbocycles. The van der Waals surface area contributed by atoms with Crippen LogP contribution in [0.5, 0.6) is 11.5 Å². The first-order valence-corrected chi connectivity index (χ1v) is 13.9. The fourth-order valence-electron chi connectivity index (χ4n) is 5.01. The number of hydrogen-bond acceptors (Lipinski definition) is 4. The molecule has 40 heavy (non-hydrogen) atoms. The van der Waals surface area contributed by atoms with Crippen molar-refractivity contribution in [3.8, 4) is 11.5 Å². The van der Waals surface area contributed by atoms with Crippen LogP contribution in [0.4, 0.5) is 0 Å².